The Kier molecular flexibility index (Phi) is 5.44. The van der Waals surface area contributed by atoms with Crippen LogP contribution in [0.25, 0.3) is 0 Å². The maximum atomic E-state index is 12.9. The maximum Gasteiger partial charge on any atom is 0.137 e. The molecule has 0 aliphatic carbocycles. The van der Waals surface area contributed by atoms with Crippen LogP contribution in [0.5, 0.6) is 0 Å². The van der Waals surface area contributed by atoms with Gasteiger partial charge in [0.1, 0.15) is 18.5 Å². The zero-order valence-corrected chi connectivity index (χ0v) is 12.4. The Morgan fingerprint density at radius 2 is 2.00 bits per heavy atom. The monoisotopic (exact) mass is 291 g/mol. The van der Waals surface area contributed by atoms with Crippen molar-refractivity contribution < 1.29 is 9.50 Å². The summed E-state index contributed by atoms with van der Waals surface area (Å²) < 4.78 is 14.6. The summed E-state index contributed by atoms with van der Waals surface area (Å²) in [5.41, 5.74) is 0.225. The van der Waals surface area contributed by atoms with Crippen LogP contribution < -0.4 is 0 Å². The predicted molar refractivity (Wildman–Crippen MR) is 79.2 cm³/mol. The highest BCUT2D eigenvalue weighted by Crippen LogP contribution is 2.23. The molecule has 1 atom stereocenters. The van der Waals surface area contributed by atoms with E-state index in [9.17, 15) is 9.50 Å². The minimum absolute atomic E-state index is 0.234. The summed E-state index contributed by atoms with van der Waals surface area (Å²) >= 11 is 0. The molecule has 0 saturated carbocycles. The van der Waals surface area contributed by atoms with E-state index in [1.54, 1.807) is 23.1 Å². The third-order valence-electron chi connectivity index (χ3n) is 3.71. The third-order valence-corrected chi connectivity index (χ3v) is 3.71. The molecule has 4 nitrogen and oxygen atoms in total. The molecule has 1 N–H and O–H groups in total. The Morgan fingerprint density at radius 3 is 2.62 bits per heavy atom. The zero-order valence-electron chi connectivity index (χ0n) is 12.4. The van der Waals surface area contributed by atoms with Crippen molar-refractivity contribution in [3.63, 3.8) is 0 Å². The van der Waals surface area contributed by atoms with Crippen molar-refractivity contribution in [2.45, 2.75) is 51.2 Å². The molecular formula is C16H22FN3O. The molecule has 1 heterocycles. The summed E-state index contributed by atoms with van der Waals surface area (Å²) in [6, 6.07) is 6.45. The van der Waals surface area contributed by atoms with E-state index >= 15 is 0 Å². The molecule has 0 aliphatic rings. The van der Waals surface area contributed by atoms with E-state index in [0.717, 1.165) is 31.2 Å². The third kappa shape index (κ3) is 4.93. The van der Waals surface area contributed by atoms with E-state index < -0.39 is 5.60 Å². The molecule has 0 fully saturated rings. The molecule has 1 aromatic heterocycles. The molecule has 1 unspecified atom stereocenters. The van der Waals surface area contributed by atoms with Crippen molar-refractivity contribution in [2.24, 2.45) is 0 Å². The normalized spacial score (nSPS) is 14.0. The van der Waals surface area contributed by atoms with Gasteiger partial charge < -0.3 is 5.11 Å². The number of nitrogens with zero attached hydrogens (tertiary/aromatic N) is 3. The van der Waals surface area contributed by atoms with E-state index in [1.807, 2.05) is 0 Å². The maximum absolute atomic E-state index is 12.9. The minimum Gasteiger partial charge on any atom is -0.388 e. The number of halogens is 1. The fourth-order valence-corrected chi connectivity index (χ4v) is 2.43. The fraction of sp³-hybridized carbons (Fsp3) is 0.500. The second-order valence-electron chi connectivity index (χ2n) is 5.55. The highest BCUT2D eigenvalue weighted by atomic mass is 19.1. The zero-order chi connectivity index (χ0) is 15.1. The molecule has 0 amide bonds. The molecule has 5 heteroatoms. The first kappa shape index (κ1) is 15.6. The van der Waals surface area contributed by atoms with Gasteiger partial charge in [-0.05, 0) is 37.0 Å². The lowest BCUT2D eigenvalue weighted by Gasteiger charge is -2.28. The van der Waals surface area contributed by atoms with Gasteiger partial charge in [0.2, 0.25) is 0 Å². The Bertz CT molecular complexity index is 527. The van der Waals surface area contributed by atoms with Gasteiger partial charge in [0.05, 0.1) is 12.1 Å². The van der Waals surface area contributed by atoms with E-state index in [1.165, 1.54) is 18.5 Å². The smallest absolute Gasteiger partial charge is 0.137 e. The SMILES string of the molecule is CCCCC(O)(CCc1ccc(F)cc1)Cn1cncn1. The number of aryl methyl sites for hydroxylation is 1. The number of hydrogen-bond acceptors (Lipinski definition) is 3. The molecule has 0 aliphatic heterocycles. The predicted octanol–water partition coefficient (Wildman–Crippen LogP) is 2.97. The van der Waals surface area contributed by atoms with Gasteiger partial charge in [-0.3, -0.25) is 4.68 Å². The van der Waals surface area contributed by atoms with Crippen LogP contribution in [0.1, 0.15) is 38.2 Å². The first-order chi connectivity index (χ1) is 10.1. The number of rotatable bonds is 8. The van der Waals surface area contributed by atoms with Crippen LogP contribution >= 0.6 is 0 Å². The van der Waals surface area contributed by atoms with Crippen molar-refractivity contribution >= 4 is 0 Å². The van der Waals surface area contributed by atoms with Gasteiger partial charge in [-0.15, -0.1) is 0 Å². The van der Waals surface area contributed by atoms with Gasteiger partial charge in [-0.2, -0.15) is 5.10 Å². The summed E-state index contributed by atoms with van der Waals surface area (Å²) in [6.45, 7) is 2.55. The first-order valence-corrected chi connectivity index (χ1v) is 7.40. The standard InChI is InChI=1S/C16H22FN3O/c1-2-3-9-16(21,11-20-13-18-12-19-20)10-8-14-4-6-15(17)7-5-14/h4-7,12-13,21H,2-3,8-11H2,1H3. The number of aromatic nitrogens is 3. The lowest BCUT2D eigenvalue weighted by Crippen LogP contribution is -2.35. The highest BCUT2D eigenvalue weighted by molar-refractivity contribution is 5.16. The Balaban J connectivity index is 1.99. The van der Waals surface area contributed by atoms with E-state index in [4.69, 9.17) is 0 Å². The largest absolute Gasteiger partial charge is 0.388 e. The van der Waals surface area contributed by atoms with Gasteiger partial charge in [-0.1, -0.05) is 31.9 Å². The Morgan fingerprint density at radius 1 is 1.24 bits per heavy atom. The summed E-state index contributed by atoms with van der Waals surface area (Å²) in [5, 5.41) is 14.9. The van der Waals surface area contributed by atoms with Crippen molar-refractivity contribution in [2.75, 3.05) is 0 Å². The molecular weight excluding hydrogens is 269 g/mol. The minimum atomic E-state index is -0.807. The van der Waals surface area contributed by atoms with Gasteiger partial charge in [0, 0.05) is 0 Å². The number of benzene rings is 1. The van der Waals surface area contributed by atoms with Crippen LogP contribution in [-0.2, 0) is 13.0 Å². The number of unbranched alkanes of at least 4 members (excludes halogenated alkanes) is 1. The van der Waals surface area contributed by atoms with Crippen molar-refractivity contribution in [1.29, 1.82) is 0 Å². The lowest BCUT2D eigenvalue weighted by atomic mass is 9.89. The molecule has 1 aromatic carbocycles. The average Bonchev–Trinajstić information content (AvgIpc) is 2.97. The second-order valence-corrected chi connectivity index (χ2v) is 5.55. The van der Waals surface area contributed by atoms with Gasteiger partial charge in [-0.25, -0.2) is 9.37 Å². The Hall–Kier alpha value is -1.75. The summed E-state index contributed by atoms with van der Waals surface area (Å²) in [7, 11) is 0. The molecule has 2 aromatic rings. The van der Waals surface area contributed by atoms with Crippen molar-refractivity contribution in [3.05, 3.63) is 48.3 Å². The summed E-state index contributed by atoms with van der Waals surface area (Å²) in [6.07, 6.45) is 7.16. The highest BCUT2D eigenvalue weighted by Gasteiger charge is 2.27. The molecule has 0 spiro atoms. The molecule has 0 bridgehead atoms. The van der Waals surface area contributed by atoms with Gasteiger partial charge in [0.25, 0.3) is 0 Å². The van der Waals surface area contributed by atoms with Crippen LogP contribution in [0.3, 0.4) is 0 Å². The topological polar surface area (TPSA) is 50.9 Å². The molecule has 114 valence electrons. The van der Waals surface area contributed by atoms with Crippen LogP contribution in [-0.4, -0.2) is 25.5 Å². The molecule has 0 radical (unpaired) electrons. The fourth-order valence-electron chi connectivity index (χ4n) is 2.43. The summed E-state index contributed by atoms with van der Waals surface area (Å²) in [5.74, 6) is -0.234. The average molecular weight is 291 g/mol. The molecule has 0 saturated heterocycles. The molecule has 21 heavy (non-hydrogen) atoms. The lowest BCUT2D eigenvalue weighted by molar-refractivity contribution is 0.00113. The summed E-state index contributed by atoms with van der Waals surface area (Å²) in [4.78, 5) is 3.91. The van der Waals surface area contributed by atoms with Gasteiger partial charge in [0.15, 0.2) is 0 Å². The van der Waals surface area contributed by atoms with Crippen LogP contribution in [0.2, 0.25) is 0 Å². The number of hydrogen-bond donors (Lipinski definition) is 1. The van der Waals surface area contributed by atoms with Crippen LogP contribution in [0, 0.1) is 5.82 Å². The van der Waals surface area contributed by atoms with Crippen molar-refractivity contribution in [3.8, 4) is 0 Å². The van der Waals surface area contributed by atoms with Gasteiger partial charge >= 0.3 is 0 Å². The number of aliphatic hydroxyl groups is 1. The Labute approximate surface area is 124 Å². The first-order valence-electron chi connectivity index (χ1n) is 7.40. The quantitative estimate of drug-likeness (QED) is 0.813. The second kappa shape index (κ2) is 7.31. The van der Waals surface area contributed by atoms with E-state index in [-0.39, 0.29) is 5.82 Å². The van der Waals surface area contributed by atoms with E-state index in [2.05, 4.69) is 17.0 Å². The van der Waals surface area contributed by atoms with Crippen LogP contribution in [0.15, 0.2) is 36.9 Å². The van der Waals surface area contributed by atoms with E-state index in [0.29, 0.717) is 13.0 Å². The van der Waals surface area contributed by atoms with Crippen LogP contribution in [0.4, 0.5) is 4.39 Å². The van der Waals surface area contributed by atoms with Crippen molar-refractivity contribution in [1.82, 2.24) is 14.8 Å². The molecule has 2 rings (SSSR count).